The molecule has 1 spiro atoms. The third-order valence-electron chi connectivity index (χ3n) is 7.03. The van der Waals surface area contributed by atoms with Gasteiger partial charge >= 0.3 is 5.97 Å². The highest BCUT2D eigenvalue weighted by Crippen LogP contribution is 2.37. The van der Waals surface area contributed by atoms with Gasteiger partial charge in [0.15, 0.2) is 0 Å². The van der Waals surface area contributed by atoms with E-state index in [1.54, 1.807) is 12.1 Å². The molecule has 2 aliphatic rings. The molecule has 4 rings (SSSR count). The van der Waals surface area contributed by atoms with Crippen molar-refractivity contribution in [2.75, 3.05) is 39.9 Å². The molecule has 0 bridgehead atoms. The monoisotopic (exact) mass is 583 g/mol. The largest absolute Gasteiger partial charge is 0.491 e. The van der Waals surface area contributed by atoms with Gasteiger partial charge in [-0.2, -0.15) is 4.31 Å². The quantitative estimate of drug-likeness (QED) is 0.294. The van der Waals surface area contributed by atoms with Gasteiger partial charge in [0.2, 0.25) is 20.0 Å². The van der Waals surface area contributed by atoms with Gasteiger partial charge in [-0.1, -0.05) is 12.1 Å². The van der Waals surface area contributed by atoms with Crippen molar-refractivity contribution >= 4 is 26.0 Å². The Bertz CT molecular complexity index is 1390. The molecule has 2 aliphatic heterocycles. The lowest BCUT2D eigenvalue weighted by Crippen LogP contribution is -2.47. The standard InChI is InChI=1S/C25H33N3O9S2/c1-26-38(32,33)22-6-3-5-21(13-22)36-17-20(29)15-27-19-14-25(37-16-19)8-10-28(11-9-25)39(34,35)23-7-2-4-18(12-23)24(30)31/h2-7,12-13,19-20,26-27,29H,8-11,14-17H2,1H3,(H,30,31). The first-order chi connectivity index (χ1) is 18.4. The number of aromatic carboxylic acids is 1. The summed E-state index contributed by atoms with van der Waals surface area (Å²) in [6, 6.07) is 11.3. The number of aliphatic hydroxyl groups excluding tert-OH is 1. The summed E-state index contributed by atoms with van der Waals surface area (Å²) in [5.41, 5.74) is -0.548. The number of hydrogen-bond acceptors (Lipinski definition) is 9. The van der Waals surface area contributed by atoms with Crippen LogP contribution in [0.2, 0.25) is 0 Å². The van der Waals surface area contributed by atoms with Gasteiger partial charge in [-0.15, -0.1) is 0 Å². The second kappa shape index (κ2) is 11.9. The number of benzene rings is 2. The van der Waals surface area contributed by atoms with Crippen LogP contribution in [0.25, 0.3) is 0 Å². The summed E-state index contributed by atoms with van der Waals surface area (Å²) in [5.74, 6) is -0.863. The molecule has 14 heteroatoms. The van der Waals surface area contributed by atoms with Gasteiger partial charge in [0, 0.05) is 31.7 Å². The van der Waals surface area contributed by atoms with E-state index >= 15 is 0 Å². The molecule has 2 fully saturated rings. The van der Waals surface area contributed by atoms with E-state index in [1.807, 2.05) is 0 Å². The fraction of sp³-hybridized carbons (Fsp3) is 0.480. The van der Waals surface area contributed by atoms with Gasteiger partial charge in [-0.3, -0.25) is 0 Å². The maximum Gasteiger partial charge on any atom is 0.335 e. The zero-order valence-electron chi connectivity index (χ0n) is 21.4. The van der Waals surface area contributed by atoms with Crippen LogP contribution in [0.5, 0.6) is 5.75 Å². The van der Waals surface area contributed by atoms with E-state index < -0.39 is 37.7 Å². The predicted octanol–water partition coefficient (Wildman–Crippen LogP) is 0.635. The van der Waals surface area contributed by atoms with Gasteiger partial charge in [0.1, 0.15) is 18.5 Å². The van der Waals surface area contributed by atoms with Crippen LogP contribution < -0.4 is 14.8 Å². The summed E-state index contributed by atoms with van der Waals surface area (Å²) < 4.78 is 65.3. The highest BCUT2D eigenvalue weighted by Gasteiger charge is 2.44. The Morgan fingerprint density at radius 3 is 2.51 bits per heavy atom. The number of nitrogens with one attached hydrogen (secondary N) is 2. The molecule has 2 aromatic carbocycles. The molecule has 2 atom stereocenters. The first-order valence-corrected chi connectivity index (χ1v) is 15.4. The van der Waals surface area contributed by atoms with Crippen LogP contribution in [0.1, 0.15) is 29.6 Å². The Kier molecular flexibility index (Phi) is 8.95. The molecule has 0 aliphatic carbocycles. The lowest BCUT2D eigenvalue weighted by Gasteiger charge is -2.38. The van der Waals surface area contributed by atoms with E-state index in [-0.39, 0.29) is 47.6 Å². The number of aliphatic hydroxyl groups is 1. The summed E-state index contributed by atoms with van der Waals surface area (Å²) >= 11 is 0. The van der Waals surface area contributed by atoms with Crippen molar-refractivity contribution in [3.05, 3.63) is 54.1 Å². The number of hydrogen-bond donors (Lipinski definition) is 4. The number of carbonyl (C=O) groups is 1. The summed E-state index contributed by atoms with van der Waals surface area (Å²) in [5, 5.41) is 22.8. The van der Waals surface area contributed by atoms with E-state index in [0.717, 1.165) is 0 Å². The second-order valence-electron chi connectivity index (χ2n) is 9.69. The van der Waals surface area contributed by atoms with Crippen molar-refractivity contribution in [1.29, 1.82) is 0 Å². The van der Waals surface area contributed by atoms with Gasteiger partial charge < -0.3 is 25.0 Å². The van der Waals surface area contributed by atoms with Gasteiger partial charge in [0.05, 0.1) is 27.6 Å². The third kappa shape index (κ3) is 6.95. The van der Waals surface area contributed by atoms with Gasteiger partial charge in [0.25, 0.3) is 0 Å². The van der Waals surface area contributed by atoms with Crippen LogP contribution in [0.15, 0.2) is 58.3 Å². The molecule has 0 radical (unpaired) electrons. The lowest BCUT2D eigenvalue weighted by molar-refractivity contribution is -0.0312. The van der Waals surface area contributed by atoms with E-state index in [4.69, 9.17) is 9.47 Å². The normalized spacial score (nSPS) is 20.6. The van der Waals surface area contributed by atoms with E-state index in [0.29, 0.717) is 31.6 Å². The smallest absolute Gasteiger partial charge is 0.335 e. The van der Waals surface area contributed by atoms with Crippen molar-refractivity contribution in [2.45, 2.75) is 46.8 Å². The highest BCUT2D eigenvalue weighted by atomic mass is 32.2. The van der Waals surface area contributed by atoms with Gasteiger partial charge in [-0.05, 0) is 56.6 Å². The molecule has 214 valence electrons. The van der Waals surface area contributed by atoms with E-state index in [2.05, 4.69) is 10.0 Å². The average Bonchev–Trinajstić information content (AvgIpc) is 3.33. The fourth-order valence-electron chi connectivity index (χ4n) is 4.80. The molecule has 2 unspecified atom stereocenters. The van der Waals surface area contributed by atoms with Crippen LogP contribution in [-0.2, 0) is 24.8 Å². The van der Waals surface area contributed by atoms with Crippen LogP contribution in [-0.4, -0.2) is 95.0 Å². The van der Waals surface area contributed by atoms with Crippen molar-refractivity contribution in [3.8, 4) is 5.75 Å². The Morgan fingerprint density at radius 1 is 1.13 bits per heavy atom. The maximum atomic E-state index is 13.1. The Hall–Kier alpha value is -2.59. The average molecular weight is 584 g/mol. The molecule has 4 N–H and O–H groups in total. The topological polar surface area (TPSA) is 172 Å². The fourth-order valence-corrected chi connectivity index (χ4v) is 7.05. The Labute approximate surface area is 228 Å². The Morgan fingerprint density at radius 2 is 1.82 bits per heavy atom. The second-order valence-corrected chi connectivity index (χ2v) is 13.5. The molecule has 2 saturated heterocycles. The first-order valence-electron chi connectivity index (χ1n) is 12.5. The Balaban J connectivity index is 1.24. The number of nitrogens with zero attached hydrogens (tertiary/aromatic N) is 1. The molecule has 0 aromatic heterocycles. The molecule has 39 heavy (non-hydrogen) atoms. The molecular weight excluding hydrogens is 550 g/mol. The number of ether oxygens (including phenoxy) is 2. The van der Waals surface area contributed by atoms with Gasteiger partial charge in [-0.25, -0.2) is 26.4 Å². The predicted molar refractivity (Wildman–Crippen MR) is 141 cm³/mol. The molecule has 0 saturated carbocycles. The SMILES string of the molecule is CNS(=O)(=O)c1cccc(OCC(O)CNC2COC3(CCN(S(=O)(=O)c4cccc(C(=O)O)c4)CC3)C2)c1. The first kappa shape index (κ1) is 29.4. The van der Waals surface area contributed by atoms with Crippen LogP contribution in [0, 0.1) is 0 Å². The molecular formula is C25H33N3O9S2. The number of piperidine rings is 1. The van der Waals surface area contributed by atoms with Crippen LogP contribution >= 0.6 is 0 Å². The summed E-state index contributed by atoms with van der Waals surface area (Å²) in [6.07, 6.45) is 0.813. The summed E-state index contributed by atoms with van der Waals surface area (Å²) in [4.78, 5) is 11.3. The minimum absolute atomic E-state index is 0.0286. The third-order valence-corrected chi connectivity index (χ3v) is 10.3. The lowest BCUT2D eigenvalue weighted by atomic mass is 9.88. The number of carboxylic acids is 1. The van der Waals surface area contributed by atoms with Crippen molar-refractivity contribution < 1.29 is 41.3 Å². The zero-order chi connectivity index (χ0) is 28.3. The zero-order valence-corrected chi connectivity index (χ0v) is 23.1. The summed E-state index contributed by atoms with van der Waals surface area (Å²) in [6.45, 7) is 1.13. The minimum atomic E-state index is -3.83. The highest BCUT2D eigenvalue weighted by molar-refractivity contribution is 7.89. The molecule has 2 heterocycles. The van der Waals surface area contributed by atoms with E-state index in [1.165, 1.54) is 47.8 Å². The van der Waals surface area contributed by atoms with Crippen molar-refractivity contribution in [1.82, 2.24) is 14.3 Å². The molecule has 0 amide bonds. The molecule has 12 nitrogen and oxygen atoms in total. The van der Waals surface area contributed by atoms with Crippen molar-refractivity contribution in [2.24, 2.45) is 0 Å². The number of carboxylic acid groups (broad SMARTS) is 1. The van der Waals surface area contributed by atoms with E-state index in [9.17, 15) is 31.8 Å². The minimum Gasteiger partial charge on any atom is -0.491 e. The van der Waals surface area contributed by atoms with Crippen LogP contribution in [0.4, 0.5) is 0 Å². The number of sulfonamides is 2. The summed E-state index contributed by atoms with van der Waals surface area (Å²) in [7, 11) is -6.10. The van der Waals surface area contributed by atoms with Crippen molar-refractivity contribution in [3.63, 3.8) is 0 Å². The number of rotatable bonds is 11. The molecule has 2 aromatic rings. The van der Waals surface area contributed by atoms with Crippen LogP contribution in [0.3, 0.4) is 0 Å². The maximum absolute atomic E-state index is 13.1.